The number of anilines is 3. The molecule has 2 aromatic carbocycles. The van der Waals surface area contributed by atoms with E-state index >= 15 is 0 Å². The van der Waals surface area contributed by atoms with E-state index in [0.717, 1.165) is 58.3 Å². The quantitative estimate of drug-likeness (QED) is 0.424. The normalized spacial score (nSPS) is 18.8. The van der Waals surface area contributed by atoms with Gasteiger partial charge >= 0.3 is 0 Å². The van der Waals surface area contributed by atoms with Crippen molar-refractivity contribution in [1.29, 1.82) is 0 Å². The number of likely N-dealkylation sites (N-methyl/N-ethyl adjacent to an activating group) is 1. The second-order valence-electron chi connectivity index (χ2n) is 10.6. The summed E-state index contributed by atoms with van der Waals surface area (Å²) in [5, 5.41) is 6.45. The Morgan fingerprint density at radius 2 is 1.95 bits per heavy atom. The number of hydrogen-bond acceptors (Lipinski definition) is 7. The zero-order valence-corrected chi connectivity index (χ0v) is 23.2. The molecular formula is C33H33N7O. The number of nitrogens with zero attached hydrogens (tertiary/aromatic N) is 5. The molecule has 41 heavy (non-hydrogen) atoms. The highest BCUT2D eigenvalue weighted by Gasteiger charge is 2.48. The first kappa shape index (κ1) is 26.3. The first-order chi connectivity index (χ1) is 20.0. The van der Waals surface area contributed by atoms with Crippen molar-refractivity contribution in [2.24, 2.45) is 9.98 Å². The lowest BCUT2D eigenvalue weighted by Crippen LogP contribution is -2.40. The van der Waals surface area contributed by atoms with Crippen LogP contribution in [0.25, 0.3) is 0 Å². The Kier molecular flexibility index (Phi) is 6.97. The zero-order chi connectivity index (χ0) is 28.4. The Morgan fingerprint density at radius 1 is 1.12 bits per heavy atom. The highest BCUT2D eigenvalue weighted by molar-refractivity contribution is 6.15. The lowest BCUT2D eigenvalue weighted by molar-refractivity contribution is -0.123. The third-order valence-corrected chi connectivity index (χ3v) is 7.65. The van der Waals surface area contributed by atoms with E-state index in [2.05, 4.69) is 76.1 Å². The van der Waals surface area contributed by atoms with Gasteiger partial charge in [-0.2, -0.15) is 0 Å². The van der Waals surface area contributed by atoms with E-state index < -0.39 is 5.54 Å². The molecule has 0 radical (unpaired) electrons. The number of nitrogens with one attached hydrogen (secondary N) is 2. The summed E-state index contributed by atoms with van der Waals surface area (Å²) in [7, 11) is 2.05. The molecule has 1 aliphatic carbocycles. The molecule has 8 heteroatoms. The molecule has 1 unspecified atom stereocenters. The lowest BCUT2D eigenvalue weighted by Gasteiger charge is -2.29. The number of para-hydroxylation sites is 2. The first-order valence-electron chi connectivity index (χ1n) is 13.8. The smallest absolute Gasteiger partial charge is 0.254 e. The Hall–Kier alpha value is -4.98. The predicted molar refractivity (Wildman–Crippen MR) is 167 cm³/mol. The van der Waals surface area contributed by atoms with Gasteiger partial charge in [0, 0.05) is 62.0 Å². The van der Waals surface area contributed by atoms with Crippen LogP contribution in [0.1, 0.15) is 23.1 Å². The number of carbonyl (C=O) groups excluding carboxylic acids is 1. The lowest BCUT2D eigenvalue weighted by atomic mass is 9.97. The molecule has 1 atom stereocenters. The van der Waals surface area contributed by atoms with E-state index in [1.165, 1.54) is 0 Å². The summed E-state index contributed by atoms with van der Waals surface area (Å²) in [4.78, 5) is 30.9. The summed E-state index contributed by atoms with van der Waals surface area (Å²) >= 11 is 0. The molecule has 1 amide bonds. The fourth-order valence-electron chi connectivity index (χ4n) is 5.70. The molecule has 0 fully saturated rings. The molecule has 3 aromatic rings. The third kappa shape index (κ3) is 5.16. The molecule has 1 spiro atoms. The largest absolute Gasteiger partial charge is 0.367 e. The van der Waals surface area contributed by atoms with Gasteiger partial charge in [-0.15, -0.1) is 0 Å². The van der Waals surface area contributed by atoms with Gasteiger partial charge in [-0.1, -0.05) is 37.4 Å². The minimum atomic E-state index is -0.804. The van der Waals surface area contributed by atoms with Crippen molar-refractivity contribution in [3.8, 4) is 0 Å². The maximum Gasteiger partial charge on any atom is 0.254 e. The highest BCUT2D eigenvalue weighted by Crippen LogP contribution is 2.37. The van der Waals surface area contributed by atoms with Crippen molar-refractivity contribution in [3.05, 3.63) is 121 Å². The number of fused-ring (bicyclic) bond motifs is 1. The zero-order valence-electron chi connectivity index (χ0n) is 23.2. The van der Waals surface area contributed by atoms with Crippen molar-refractivity contribution in [2.75, 3.05) is 35.3 Å². The fourth-order valence-corrected chi connectivity index (χ4v) is 5.70. The number of dihydropyridines is 1. The standard InChI is InChI=1S/C33H33N7O/c1-4-40(30-13-7-8-17-35-30)29-12-6-5-11-28(29)39(3)22-23(2)36-27-15-14-24-19-33(20-26(24)18-27)32(41)37-31(38-33)25-10-9-16-34-21-25/h4-7,9-16,18,21,36H,1-2,8,17,19-20,22H2,3H3,(H,37,38,41). The van der Waals surface area contributed by atoms with Gasteiger partial charge in [-0.3, -0.25) is 19.8 Å². The molecule has 206 valence electrons. The van der Waals surface area contributed by atoms with Crippen molar-refractivity contribution in [2.45, 2.75) is 24.8 Å². The minimum absolute atomic E-state index is 0.0602. The second-order valence-corrected chi connectivity index (χ2v) is 10.6. The number of amidine groups is 2. The van der Waals surface area contributed by atoms with Crippen LogP contribution in [0.5, 0.6) is 0 Å². The summed E-state index contributed by atoms with van der Waals surface area (Å²) < 4.78 is 0. The number of hydrogen-bond donors (Lipinski definition) is 2. The Bertz CT molecular complexity index is 1610. The van der Waals surface area contributed by atoms with Crippen LogP contribution in [0.4, 0.5) is 17.1 Å². The predicted octanol–water partition coefficient (Wildman–Crippen LogP) is 4.87. The number of rotatable bonds is 8. The number of benzene rings is 2. The second kappa shape index (κ2) is 10.9. The van der Waals surface area contributed by atoms with Crippen molar-refractivity contribution in [3.63, 3.8) is 0 Å². The van der Waals surface area contributed by atoms with E-state index in [1.54, 1.807) is 18.6 Å². The molecule has 0 saturated heterocycles. The Labute approximate surface area is 240 Å². The molecule has 3 aliphatic rings. The van der Waals surface area contributed by atoms with Crippen LogP contribution < -0.4 is 20.4 Å². The average molecular weight is 544 g/mol. The maximum absolute atomic E-state index is 13.1. The molecule has 3 heterocycles. The molecule has 6 rings (SSSR count). The average Bonchev–Trinajstić information content (AvgIpc) is 3.52. The van der Waals surface area contributed by atoms with Crippen molar-refractivity contribution in [1.82, 2.24) is 10.3 Å². The molecule has 2 N–H and O–H groups in total. The van der Waals surface area contributed by atoms with Crippen LogP contribution >= 0.6 is 0 Å². The number of amides is 1. The number of carbonyl (C=O) groups is 1. The maximum atomic E-state index is 13.1. The van der Waals surface area contributed by atoms with E-state index in [9.17, 15) is 4.79 Å². The number of aromatic nitrogens is 1. The van der Waals surface area contributed by atoms with E-state index in [0.29, 0.717) is 25.2 Å². The fraction of sp³-hybridized carbons (Fsp3) is 0.212. The van der Waals surface area contributed by atoms with Crippen molar-refractivity contribution >= 4 is 34.6 Å². The van der Waals surface area contributed by atoms with Crippen LogP contribution in [0, 0.1) is 0 Å². The Morgan fingerprint density at radius 3 is 2.71 bits per heavy atom. The van der Waals surface area contributed by atoms with Crippen LogP contribution in [0.2, 0.25) is 0 Å². The van der Waals surface area contributed by atoms with Gasteiger partial charge in [0.05, 0.1) is 17.9 Å². The summed E-state index contributed by atoms with van der Waals surface area (Å²) in [6.07, 6.45) is 11.5. The summed E-state index contributed by atoms with van der Waals surface area (Å²) in [5.74, 6) is 1.41. The van der Waals surface area contributed by atoms with E-state index in [4.69, 9.17) is 4.99 Å². The summed E-state index contributed by atoms with van der Waals surface area (Å²) in [6.45, 7) is 9.71. The van der Waals surface area contributed by atoms with Crippen molar-refractivity contribution < 1.29 is 4.79 Å². The molecule has 8 nitrogen and oxygen atoms in total. The van der Waals surface area contributed by atoms with Crippen LogP contribution in [0.3, 0.4) is 0 Å². The van der Waals surface area contributed by atoms with Gasteiger partial charge in [-0.05, 0) is 60.0 Å². The van der Waals surface area contributed by atoms with Gasteiger partial charge in [-0.25, -0.2) is 0 Å². The van der Waals surface area contributed by atoms with Gasteiger partial charge in [0.2, 0.25) is 0 Å². The Balaban J connectivity index is 1.15. The van der Waals surface area contributed by atoms with Gasteiger partial charge in [0.25, 0.3) is 5.91 Å². The monoisotopic (exact) mass is 543 g/mol. The van der Waals surface area contributed by atoms with Gasteiger partial charge in [0.1, 0.15) is 17.2 Å². The van der Waals surface area contributed by atoms with Crippen LogP contribution in [-0.4, -0.2) is 48.2 Å². The molecule has 0 bridgehead atoms. The van der Waals surface area contributed by atoms with Crippen LogP contribution in [0.15, 0.2) is 114 Å². The van der Waals surface area contributed by atoms with Crippen LogP contribution in [-0.2, 0) is 17.6 Å². The minimum Gasteiger partial charge on any atom is -0.367 e. The number of aliphatic imine (C=N–C) groups is 2. The third-order valence-electron chi connectivity index (χ3n) is 7.65. The number of pyridine rings is 1. The molecule has 2 aliphatic heterocycles. The van der Waals surface area contributed by atoms with Gasteiger partial charge < -0.3 is 20.4 Å². The highest BCUT2D eigenvalue weighted by atomic mass is 16.2. The van der Waals surface area contributed by atoms with Gasteiger partial charge in [0.15, 0.2) is 0 Å². The van der Waals surface area contributed by atoms with E-state index in [-0.39, 0.29) is 5.91 Å². The summed E-state index contributed by atoms with van der Waals surface area (Å²) in [6, 6.07) is 18.2. The van der Waals surface area contributed by atoms with E-state index in [1.807, 2.05) is 41.3 Å². The molecule has 1 aromatic heterocycles. The topological polar surface area (TPSA) is 85.2 Å². The first-order valence-corrected chi connectivity index (χ1v) is 13.8. The molecule has 0 saturated carbocycles. The molecular weight excluding hydrogens is 510 g/mol. The SMILES string of the molecule is C=CN(C1=NCCC=C1)c1ccccc1N(C)CC(=C)Nc1ccc2c(c1)CC1(C2)N=C(c2cccnc2)NC1=O. The summed E-state index contributed by atoms with van der Waals surface area (Å²) in [5.41, 5.74) is 6.12.